The zero-order valence-electron chi connectivity index (χ0n) is 11.8. The largest absolute Gasteiger partial charge is 0.373 e. The molecule has 0 fully saturated rings. The summed E-state index contributed by atoms with van der Waals surface area (Å²) in [6.07, 6.45) is 0. The Morgan fingerprint density at radius 2 is 1.82 bits per heavy atom. The van der Waals surface area contributed by atoms with Crippen LogP contribution in [0, 0.1) is 12.8 Å². The molecule has 96 valence electrons. The summed E-state index contributed by atoms with van der Waals surface area (Å²) in [5.41, 5.74) is 2.67. The zero-order valence-corrected chi connectivity index (χ0v) is 11.8. The molecule has 1 unspecified atom stereocenters. The van der Waals surface area contributed by atoms with Gasteiger partial charge in [0.1, 0.15) is 0 Å². The summed E-state index contributed by atoms with van der Waals surface area (Å²) in [6.45, 7) is 11.0. The molecular formula is C15H26N2. The molecule has 0 aliphatic carbocycles. The molecule has 0 heterocycles. The summed E-state index contributed by atoms with van der Waals surface area (Å²) < 4.78 is 0. The van der Waals surface area contributed by atoms with Crippen molar-refractivity contribution < 1.29 is 0 Å². The Bertz CT molecular complexity index is 333. The molecule has 1 aromatic rings. The van der Waals surface area contributed by atoms with Gasteiger partial charge in [0.25, 0.3) is 0 Å². The van der Waals surface area contributed by atoms with E-state index >= 15 is 0 Å². The van der Waals surface area contributed by atoms with Crippen molar-refractivity contribution in [1.82, 2.24) is 5.32 Å². The maximum atomic E-state index is 3.56. The molecule has 0 amide bonds. The molecule has 1 N–H and O–H groups in total. The smallest absolute Gasteiger partial charge is 0.0393 e. The minimum absolute atomic E-state index is 0.584. The van der Waals surface area contributed by atoms with Gasteiger partial charge in [0.05, 0.1) is 0 Å². The van der Waals surface area contributed by atoms with E-state index in [1.807, 2.05) is 0 Å². The van der Waals surface area contributed by atoms with E-state index in [9.17, 15) is 0 Å². The number of aryl methyl sites for hydroxylation is 1. The summed E-state index contributed by atoms with van der Waals surface area (Å²) in [5, 5.41) is 3.56. The van der Waals surface area contributed by atoms with Gasteiger partial charge in [0.15, 0.2) is 0 Å². The van der Waals surface area contributed by atoms with Crippen LogP contribution in [0.3, 0.4) is 0 Å². The van der Waals surface area contributed by atoms with Crippen molar-refractivity contribution in [2.45, 2.75) is 33.7 Å². The third-order valence-electron chi connectivity index (χ3n) is 3.44. The topological polar surface area (TPSA) is 15.3 Å². The van der Waals surface area contributed by atoms with Crippen LogP contribution in [0.15, 0.2) is 24.3 Å². The van der Waals surface area contributed by atoms with Gasteiger partial charge in [-0.25, -0.2) is 0 Å². The molecule has 0 saturated heterocycles. The lowest BCUT2D eigenvalue weighted by atomic mass is 10.1. The van der Waals surface area contributed by atoms with Crippen molar-refractivity contribution >= 4 is 5.69 Å². The Balaban J connectivity index is 2.40. The Hall–Kier alpha value is -1.02. The predicted molar refractivity (Wildman–Crippen MR) is 76.8 cm³/mol. The maximum absolute atomic E-state index is 3.56. The van der Waals surface area contributed by atoms with Gasteiger partial charge in [0, 0.05) is 31.9 Å². The van der Waals surface area contributed by atoms with Crippen LogP contribution in [0.4, 0.5) is 5.69 Å². The van der Waals surface area contributed by atoms with Crippen LogP contribution < -0.4 is 10.2 Å². The standard InChI is InChI=1S/C15H26N2/c1-12(2)14(4)16-10-11-17(5)15-9-7-6-8-13(15)3/h6-9,12,14,16H,10-11H2,1-5H3. The van der Waals surface area contributed by atoms with Crippen molar-refractivity contribution in [1.29, 1.82) is 0 Å². The number of nitrogens with one attached hydrogen (secondary N) is 1. The highest BCUT2D eigenvalue weighted by Crippen LogP contribution is 2.16. The first-order valence-electron chi connectivity index (χ1n) is 6.52. The minimum atomic E-state index is 0.584. The van der Waals surface area contributed by atoms with Crippen LogP contribution in [0.2, 0.25) is 0 Å². The highest BCUT2D eigenvalue weighted by molar-refractivity contribution is 5.52. The van der Waals surface area contributed by atoms with E-state index in [0.717, 1.165) is 13.1 Å². The SMILES string of the molecule is Cc1ccccc1N(C)CCNC(C)C(C)C. The van der Waals surface area contributed by atoms with Crippen LogP contribution in [0.1, 0.15) is 26.3 Å². The van der Waals surface area contributed by atoms with Crippen molar-refractivity contribution in [2.75, 3.05) is 25.0 Å². The molecule has 0 saturated carbocycles. The Labute approximate surface area is 106 Å². The van der Waals surface area contributed by atoms with Crippen LogP contribution in [0.25, 0.3) is 0 Å². The third kappa shape index (κ3) is 4.39. The van der Waals surface area contributed by atoms with Gasteiger partial charge in [0.2, 0.25) is 0 Å². The second kappa shape index (κ2) is 6.65. The summed E-state index contributed by atoms with van der Waals surface area (Å²) >= 11 is 0. The first kappa shape index (κ1) is 14.0. The molecule has 1 rings (SSSR count). The van der Waals surface area contributed by atoms with Crippen molar-refractivity contribution in [3.63, 3.8) is 0 Å². The van der Waals surface area contributed by atoms with Gasteiger partial charge in [-0.1, -0.05) is 32.0 Å². The molecule has 0 aliphatic rings. The summed E-state index contributed by atoms with van der Waals surface area (Å²) in [7, 11) is 2.16. The summed E-state index contributed by atoms with van der Waals surface area (Å²) in [5.74, 6) is 0.693. The highest BCUT2D eigenvalue weighted by Gasteiger charge is 2.07. The van der Waals surface area contributed by atoms with Crippen LogP contribution in [-0.2, 0) is 0 Å². The van der Waals surface area contributed by atoms with Crippen LogP contribution in [0.5, 0.6) is 0 Å². The number of benzene rings is 1. The minimum Gasteiger partial charge on any atom is -0.373 e. The van der Waals surface area contributed by atoms with E-state index < -0.39 is 0 Å². The van der Waals surface area contributed by atoms with E-state index in [1.54, 1.807) is 0 Å². The lowest BCUT2D eigenvalue weighted by molar-refractivity contribution is 0.431. The van der Waals surface area contributed by atoms with Gasteiger partial charge in [-0.05, 0) is 31.4 Å². The second-order valence-electron chi connectivity index (χ2n) is 5.19. The molecule has 1 aromatic carbocycles. The van der Waals surface area contributed by atoms with E-state index in [-0.39, 0.29) is 0 Å². The van der Waals surface area contributed by atoms with Crippen LogP contribution >= 0.6 is 0 Å². The normalized spacial score (nSPS) is 12.8. The molecule has 2 heteroatoms. The fraction of sp³-hybridized carbons (Fsp3) is 0.600. The quantitative estimate of drug-likeness (QED) is 0.814. The van der Waals surface area contributed by atoms with E-state index in [0.29, 0.717) is 12.0 Å². The Morgan fingerprint density at radius 3 is 2.41 bits per heavy atom. The molecule has 0 aromatic heterocycles. The number of likely N-dealkylation sites (N-methyl/N-ethyl adjacent to an activating group) is 1. The average Bonchev–Trinajstić information content (AvgIpc) is 2.29. The molecular weight excluding hydrogens is 208 g/mol. The lowest BCUT2D eigenvalue weighted by Gasteiger charge is -2.24. The number of rotatable bonds is 6. The number of anilines is 1. The molecule has 1 atom stereocenters. The van der Waals surface area contributed by atoms with Gasteiger partial charge in [-0.3, -0.25) is 0 Å². The van der Waals surface area contributed by atoms with Crippen molar-refractivity contribution in [3.05, 3.63) is 29.8 Å². The fourth-order valence-corrected chi connectivity index (χ4v) is 1.81. The third-order valence-corrected chi connectivity index (χ3v) is 3.44. The monoisotopic (exact) mass is 234 g/mol. The number of para-hydroxylation sites is 1. The average molecular weight is 234 g/mol. The molecule has 0 spiro atoms. The lowest BCUT2D eigenvalue weighted by Crippen LogP contribution is -2.37. The predicted octanol–water partition coefficient (Wildman–Crippen LogP) is 3.07. The van der Waals surface area contributed by atoms with Gasteiger partial charge in [-0.15, -0.1) is 0 Å². The Kier molecular flexibility index (Phi) is 5.49. The molecule has 0 aliphatic heterocycles. The summed E-state index contributed by atoms with van der Waals surface area (Å²) in [4.78, 5) is 2.31. The van der Waals surface area contributed by atoms with Crippen molar-refractivity contribution in [3.8, 4) is 0 Å². The second-order valence-corrected chi connectivity index (χ2v) is 5.19. The van der Waals surface area contributed by atoms with Crippen molar-refractivity contribution in [2.24, 2.45) is 5.92 Å². The molecule has 0 radical (unpaired) electrons. The number of nitrogens with zero attached hydrogens (tertiary/aromatic N) is 1. The summed E-state index contributed by atoms with van der Waals surface area (Å²) in [6, 6.07) is 9.12. The van der Waals surface area contributed by atoms with Crippen LogP contribution in [-0.4, -0.2) is 26.2 Å². The molecule has 2 nitrogen and oxygen atoms in total. The Morgan fingerprint density at radius 1 is 1.18 bits per heavy atom. The maximum Gasteiger partial charge on any atom is 0.0393 e. The van der Waals surface area contributed by atoms with E-state index in [4.69, 9.17) is 0 Å². The van der Waals surface area contributed by atoms with E-state index in [2.05, 4.69) is 69.2 Å². The zero-order chi connectivity index (χ0) is 12.8. The molecule has 17 heavy (non-hydrogen) atoms. The number of hydrogen-bond donors (Lipinski definition) is 1. The number of hydrogen-bond acceptors (Lipinski definition) is 2. The molecule has 0 bridgehead atoms. The van der Waals surface area contributed by atoms with E-state index in [1.165, 1.54) is 11.3 Å². The fourth-order valence-electron chi connectivity index (χ4n) is 1.81. The van der Waals surface area contributed by atoms with Gasteiger partial charge in [-0.2, -0.15) is 0 Å². The first-order valence-corrected chi connectivity index (χ1v) is 6.52. The van der Waals surface area contributed by atoms with Gasteiger partial charge >= 0.3 is 0 Å². The first-order chi connectivity index (χ1) is 8.02. The van der Waals surface area contributed by atoms with Gasteiger partial charge < -0.3 is 10.2 Å². The highest BCUT2D eigenvalue weighted by atomic mass is 15.1.